The monoisotopic (exact) mass is 516 g/mol. The normalized spacial score (nSPS) is 11.1. The molecule has 35 heavy (non-hydrogen) atoms. The maximum atomic E-state index is 12.1. The summed E-state index contributed by atoms with van der Waals surface area (Å²) in [5.74, 6) is 0.482. The number of oxime groups is 1. The number of ether oxygens (including phenoxy) is 2. The van der Waals surface area contributed by atoms with Crippen LogP contribution < -0.4 is 9.47 Å². The molecule has 0 amide bonds. The van der Waals surface area contributed by atoms with Crippen LogP contribution in [-0.4, -0.2) is 23.7 Å². The van der Waals surface area contributed by atoms with Crippen LogP contribution in [0.2, 0.25) is 10.0 Å². The molecular formula is C25H22Cl2N2O6. The van der Waals surface area contributed by atoms with Crippen LogP contribution >= 0.6 is 23.2 Å². The number of nitro groups is 1. The molecule has 0 aromatic heterocycles. The van der Waals surface area contributed by atoms with E-state index in [-0.39, 0.29) is 11.3 Å². The lowest BCUT2D eigenvalue weighted by atomic mass is 10.1. The topological polar surface area (TPSA) is 100 Å². The van der Waals surface area contributed by atoms with Crippen LogP contribution in [0.1, 0.15) is 34.8 Å². The Morgan fingerprint density at radius 2 is 1.69 bits per heavy atom. The lowest BCUT2D eigenvalue weighted by molar-refractivity contribution is -0.384. The van der Waals surface area contributed by atoms with E-state index in [9.17, 15) is 14.9 Å². The first kappa shape index (κ1) is 26.0. The quantitative estimate of drug-likeness (QED) is 0.129. The molecule has 0 bridgehead atoms. The van der Waals surface area contributed by atoms with Crippen LogP contribution in [0.15, 0.2) is 65.8 Å². The van der Waals surface area contributed by atoms with Crippen molar-refractivity contribution in [3.63, 3.8) is 0 Å². The highest BCUT2D eigenvalue weighted by Crippen LogP contribution is 2.30. The third-order valence-corrected chi connectivity index (χ3v) is 5.72. The second-order valence-electron chi connectivity index (χ2n) is 7.53. The summed E-state index contributed by atoms with van der Waals surface area (Å²) in [6.07, 6.45) is 1.17. The summed E-state index contributed by atoms with van der Waals surface area (Å²) in [4.78, 5) is 27.2. The Kier molecular flexibility index (Phi) is 9.05. The third kappa shape index (κ3) is 7.43. The minimum Gasteiger partial charge on any atom is -0.493 e. The Morgan fingerprint density at radius 3 is 2.34 bits per heavy atom. The number of carbonyl (C=O) groups excluding carboxylic acids is 1. The molecule has 0 aliphatic carbocycles. The first-order valence-electron chi connectivity index (χ1n) is 10.5. The van der Waals surface area contributed by atoms with Gasteiger partial charge >= 0.3 is 5.97 Å². The molecule has 0 fully saturated rings. The summed E-state index contributed by atoms with van der Waals surface area (Å²) in [5.41, 5.74) is 2.54. The van der Waals surface area contributed by atoms with E-state index in [0.29, 0.717) is 46.7 Å². The van der Waals surface area contributed by atoms with Gasteiger partial charge in [0.05, 0.1) is 33.4 Å². The Hall–Kier alpha value is -3.62. The fourth-order valence-corrected chi connectivity index (χ4v) is 3.36. The van der Waals surface area contributed by atoms with Gasteiger partial charge in [-0.05, 0) is 67.3 Å². The minimum absolute atomic E-state index is 0.109. The van der Waals surface area contributed by atoms with Gasteiger partial charge in [0.15, 0.2) is 11.5 Å². The predicted molar refractivity (Wildman–Crippen MR) is 134 cm³/mol. The molecule has 0 saturated heterocycles. The zero-order valence-corrected chi connectivity index (χ0v) is 20.5. The maximum Gasteiger partial charge on any atom is 0.365 e. The average Bonchev–Trinajstić information content (AvgIpc) is 2.86. The molecule has 0 radical (unpaired) electrons. The molecule has 0 spiro atoms. The van der Waals surface area contributed by atoms with E-state index in [4.69, 9.17) is 37.5 Å². The van der Waals surface area contributed by atoms with Crippen molar-refractivity contribution in [2.45, 2.75) is 26.4 Å². The molecule has 0 heterocycles. The molecule has 0 N–H and O–H groups in total. The number of rotatable bonds is 10. The molecule has 0 atom stereocenters. The van der Waals surface area contributed by atoms with Gasteiger partial charge in [0.1, 0.15) is 6.61 Å². The molecule has 0 saturated carbocycles. The summed E-state index contributed by atoms with van der Waals surface area (Å²) in [7, 11) is 1.56. The van der Waals surface area contributed by atoms with E-state index in [0.717, 1.165) is 11.1 Å². The standard InChI is InChI=1S/C25H22Cl2N2O6/c1-16(28-35-25(30)19-7-9-20(10-8-19)29(31)32)3-4-17-6-12-23(24(14-17)33-2)34-15-18-5-11-21(26)22(27)13-18/h5-14H,3-4,15H2,1-2H3. The predicted octanol–water partition coefficient (Wildman–Crippen LogP) is 6.65. The van der Waals surface area contributed by atoms with Crippen molar-refractivity contribution in [1.29, 1.82) is 0 Å². The van der Waals surface area contributed by atoms with Crippen molar-refractivity contribution in [3.05, 3.63) is 97.5 Å². The summed E-state index contributed by atoms with van der Waals surface area (Å²) in [5, 5.41) is 15.5. The van der Waals surface area contributed by atoms with Gasteiger partial charge < -0.3 is 14.3 Å². The summed E-state index contributed by atoms with van der Waals surface area (Å²) in [6, 6.07) is 16.0. The van der Waals surface area contributed by atoms with E-state index in [1.165, 1.54) is 24.3 Å². The SMILES string of the molecule is COc1cc(CCC(C)=NOC(=O)c2ccc([N+](=O)[O-])cc2)ccc1OCc1ccc(Cl)c(Cl)c1. The van der Waals surface area contributed by atoms with Crippen LogP contribution in [0.25, 0.3) is 0 Å². The number of benzene rings is 3. The fraction of sp³-hybridized carbons (Fsp3) is 0.200. The zero-order chi connectivity index (χ0) is 25.4. The van der Waals surface area contributed by atoms with Crippen LogP contribution in [0.4, 0.5) is 5.69 Å². The van der Waals surface area contributed by atoms with Gasteiger partial charge in [0.2, 0.25) is 0 Å². The second kappa shape index (κ2) is 12.2. The van der Waals surface area contributed by atoms with Crippen molar-refractivity contribution < 1.29 is 24.0 Å². The Morgan fingerprint density at radius 1 is 0.971 bits per heavy atom. The third-order valence-electron chi connectivity index (χ3n) is 4.98. The molecular weight excluding hydrogens is 495 g/mol. The lowest BCUT2D eigenvalue weighted by Gasteiger charge is -2.13. The van der Waals surface area contributed by atoms with E-state index in [1.807, 2.05) is 24.3 Å². The van der Waals surface area contributed by atoms with Crippen molar-refractivity contribution in [2.75, 3.05) is 7.11 Å². The van der Waals surface area contributed by atoms with Gasteiger partial charge in [-0.15, -0.1) is 0 Å². The molecule has 8 nitrogen and oxygen atoms in total. The Balaban J connectivity index is 1.54. The summed E-state index contributed by atoms with van der Waals surface area (Å²) >= 11 is 12.0. The van der Waals surface area contributed by atoms with E-state index < -0.39 is 10.9 Å². The Labute approximate surface area is 212 Å². The summed E-state index contributed by atoms with van der Waals surface area (Å²) < 4.78 is 11.3. The van der Waals surface area contributed by atoms with Crippen molar-refractivity contribution in [3.8, 4) is 11.5 Å². The van der Waals surface area contributed by atoms with Crippen molar-refractivity contribution >= 4 is 40.6 Å². The Bertz CT molecular complexity index is 1250. The number of hydrogen-bond acceptors (Lipinski definition) is 7. The number of methoxy groups -OCH3 is 1. The molecule has 0 unspecified atom stereocenters. The van der Waals surface area contributed by atoms with Gasteiger partial charge in [-0.2, -0.15) is 0 Å². The van der Waals surface area contributed by atoms with Crippen LogP contribution in [0.3, 0.4) is 0 Å². The fourth-order valence-electron chi connectivity index (χ4n) is 3.04. The van der Waals surface area contributed by atoms with Gasteiger partial charge in [0.25, 0.3) is 5.69 Å². The van der Waals surface area contributed by atoms with Crippen LogP contribution in [0.5, 0.6) is 11.5 Å². The number of non-ortho nitro benzene ring substituents is 1. The van der Waals surface area contributed by atoms with Gasteiger partial charge in [-0.25, -0.2) is 4.79 Å². The van der Waals surface area contributed by atoms with Crippen molar-refractivity contribution in [2.24, 2.45) is 5.16 Å². The molecule has 0 aliphatic heterocycles. The van der Waals surface area contributed by atoms with E-state index in [1.54, 1.807) is 26.2 Å². The van der Waals surface area contributed by atoms with Crippen molar-refractivity contribution in [1.82, 2.24) is 0 Å². The largest absolute Gasteiger partial charge is 0.493 e. The molecule has 182 valence electrons. The molecule has 3 aromatic carbocycles. The van der Waals surface area contributed by atoms with Crippen LogP contribution in [-0.2, 0) is 17.9 Å². The van der Waals surface area contributed by atoms with Gasteiger partial charge in [0, 0.05) is 12.1 Å². The average molecular weight is 517 g/mol. The minimum atomic E-state index is -0.690. The molecule has 10 heteroatoms. The highest BCUT2D eigenvalue weighted by Gasteiger charge is 2.11. The highest BCUT2D eigenvalue weighted by atomic mass is 35.5. The van der Waals surface area contributed by atoms with Gasteiger partial charge in [-0.1, -0.05) is 40.5 Å². The maximum absolute atomic E-state index is 12.1. The molecule has 0 aliphatic rings. The number of nitrogens with zero attached hydrogens (tertiary/aromatic N) is 2. The number of aryl methyl sites for hydroxylation is 1. The van der Waals surface area contributed by atoms with Crippen LogP contribution in [0, 0.1) is 10.1 Å². The number of nitro benzene ring substituents is 1. The first-order chi connectivity index (χ1) is 16.8. The zero-order valence-electron chi connectivity index (χ0n) is 19.0. The number of halogens is 2. The first-order valence-corrected chi connectivity index (χ1v) is 11.3. The number of hydrogen-bond donors (Lipinski definition) is 0. The van der Waals surface area contributed by atoms with Gasteiger partial charge in [-0.3, -0.25) is 10.1 Å². The van der Waals surface area contributed by atoms with E-state index in [2.05, 4.69) is 5.16 Å². The lowest BCUT2D eigenvalue weighted by Crippen LogP contribution is -2.04. The van der Waals surface area contributed by atoms with E-state index >= 15 is 0 Å². The number of carbonyl (C=O) groups is 1. The summed E-state index contributed by atoms with van der Waals surface area (Å²) in [6.45, 7) is 2.05. The molecule has 3 aromatic rings. The smallest absolute Gasteiger partial charge is 0.365 e. The molecule has 3 rings (SSSR count). The second-order valence-corrected chi connectivity index (χ2v) is 8.35. The highest BCUT2D eigenvalue weighted by molar-refractivity contribution is 6.42.